The van der Waals surface area contributed by atoms with Crippen LogP contribution in [0.3, 0.4) is 0 Å². The summed E-state index contributed by atoms with van der Waals surface area (Å²) in [6, 6.07) is -0.438. The molecule has 0 aliphatic rings. The van der Waals surface area contributed by atoms with Crippen molar-refractivity contribution in [2.45, 2.75) is 38.6 Å². The Kier molecular flexibility index (Phi) is 5.78. The average Bonchev–Trinajstić information content (AvgIpc) is 2.03. The van der Waals surface area contributed by atoms with Gasteiger partial charge in [0.1, 0.15) is 0 Å². The summed E-state index contributed by atoms with van der Waals surface area (Å²) in [5.41, 5.74) is 7.50. The molecule has 5 N–H and O–H groups in total. The van der Waals surface area contributed by atoms with E-state index < -0.39 is 6.04 Å². The van der Waals surface area contributed by atoms with Gasteiger partial charge in [-0.2, -0.15) is 0 Å². The molecule has 11 heavy (non-hydrogen) atoms. The van der Waals surface area contributed by atoms with Gasteiger partial charge in [0.2, 0.25) is 0 Å². The zero-order chi connectivity index (χ0) is 8.69. The molecule has 0 aromatic rings. The zero-order valence-corrected chi connectivity index (χ0v) is 6.97. The molecule has 0 aliphatic heterocycles. The highest BCUT2D eigenvalue weighted by atomic mass is 16.2. The van der Waals surface area contributed by atoms with Crippen LogP contribution in [0.25, 0.3) is 0 Å². The highest BCUT2D eigenvalue weighted by Crippen LogP contribution is 2.00. The predicted molar refractivity (Wildman–Crippen MR) is 44.4 cm³/mol. The van der Waals surface area contributed by atoms with Crippen LogP contribution >= 0.6 is 0 Å². The maximum absolute atomic E-state index is 10.7. The van der Waals surface area contributed by atoms with Crippen LogP contribution in [-0.4, -0.2) is 11.9 Å². The van der Waals surface area contributed by atoms with E-state index >= 15 is 0 Å². The molecule has 1 atom stereocenters. The van der Waals surface area contributed by atoms with Crippen LogP contribution in [0.15, 0.2) is 0 Å². The number of hydrogen-bond acceptors (Lipinski definition) is 3. The van der Waals surface area contributed by atoms with Crippen LogP contribution in [0.4, 0.5) is 0 Å². The van der Waals surface area contributed by atoms with Crippen molar-refractivity contribution in [2.24, 2.45) is 11.6 Å². The Balaban J connectivity index is 3.36. The lowest BCUT2D eigenvalue weighted by Gasteiger charge is -2.07. The van der Waals surface area contributed by atoms with Crippen LogP contribution in [0, 0.1) is 0 Å². The van der Waals surface area contributed by atoms with E-state index in [-0.39, 0.29) is 5.91 Å². The summed E-state index contributed by atoms with van der Waals surface area (Å²) in [6.45, 7) is 2.11. The fourth-order valence-electron chi connectivity index (χ4n) is 0.852. The monoisotopic (exact) mass is 159 g/mol. The summed E-state index contributed by atoms with van der Waals surface area (Å²) in [5, 5.41) is 0. The van der Waals surface area contributed by atoms with Crippen LogP contribution in [0.1, 0.15) is 32.6 Å². The van der Waals surface area contributed by atoms with Gasteiger partial charge in [0.15, 0.2) is 0 Å². The molecule has 4 nitrogen and oxygen atoms in total. The zero-order valence-electron chi connectivity index (χ0n) is 6.97. The van der Waals surface area contributed by atoms with Gasteiger partial charge in [-0.3, -0.25) is 10.2 Å². The number of hydrogen-bond donors (Lipinski definition) is 3. The van der Waals surface area contributed by atoms with Crippen molar-refractivity contribution in [1.82, 2.24) is 5.43 Å². The number of carbonyl (C=O) groups is 1. The maximum Gasteiger partial charge on any atom is 0.250 e. The first-order valence-electron chi connectivity index (χ1n) is 3.98. The first-order valence-corrected chi connectivity index (χ1v) is 3.98. The number of hydrazine groups is 1. The fourth-order valence-corrected chi connectivity index (χ4v) is 0.852. The average molecular weight is 159 g/mol. The molecule has 0 saturated heterocycles. The van der Waals surface area contributed by atoms with Crippen molar-refractivity contribution >= 4 is 5.91 Å². The number of amides is 1. The molecule has 0 radical (unpaired) electrons. The molecule has 0 bridgehead atoms. The minimum Gasteiger partial charge on any atom is -0.320 e. The van der Waals surface area contributed by atoms with Gasteiger partial charge in [0, 0.05) is 0 Å². The van der Waals surface area contributed by atoms with Crippen molar-refractivity contribution in [3.63, 3.8) is 0 Å². The maximum atomic E-state index is 10.7. The molecular weight excluding hydrogens is 142 g/mol. The Morgan fingerprint density at radius 2 is 2.18 bits per heavy atom. The molecule has 0 rings (SSSR count). The number of unbranched alkanes of at least 4 members (excludes halogenated alkanes) is 2. The first-order chi connectivity index (χ1) is 5.22. The number of rotatable bonds is 5. The van der Waals surface area contributed by atoms with E-state index in [9.17, 15) is 4.79 Å². The SMILES string of the molecule is CCCCC[C@H](N)C(=O)NN. The molecule has 4 heteroatoms. The Morgan fingerprint density at radius 3 is 2.64 bits per heavy atom. The van der Waals surface area contributed by atoms with Crippen LogP contribution in [-0.2, 0) is 4.79 Å². The van der Waals surface area contributed by atoms with Crippen molar-refractivity contribution in [3.05, 3.63) is 0 Å². The second-order valence-electron chi connectivity index (χ2n) is 2.61. The van der Waals surface area contributed by atoms with Gasteiger partial charge in [-0.25, -0.2) is 5.84 Å². The summed E-state index contributed by atoms with van der Waals surface area (Å²) in [4.78, 5) is 10.7. The summed E-state index contributed by atoms with van der Waals surface area (Å²) >= 11 is 0. The van der Waals surface area contributed by atoms with Gasteiger partial charge in [0.25, 0.3) is 5.91 Å². The Bertz CT molecular complexity index is 116. The van der Waals surface area contributed by atoms with E-state index in [4.69, 9.17) is 11.6 Å². The van der Waals surface area contributed by atoms with Crippen molar-refractivity contribution in [2.75, 3.05) is 0 Å². The topological polar surface area (TPSA) is 81.1 Å². The summed E-state index contributed by atoms with van der Waals surface area (Å²) in [7, 11) is 0. The Hall–Kier alpha value is -0.610. The quantitative estimate of drug-likeness (QED) is 0.226. The molecule has 0 saturated carbocycles. The van der Waals surface area contributed by atoms with E-state index in [0.29, 0.717) is 0 Å². The third-order valence-electron chi connectivity index (χ3n) is 1.60. The van der Waals surface area contributed by atoms with Gasteiger partial charge in [-0.15, -0.1) is 0 Å². The summed E-state index contributed by atoms with van der Waals surface area (Å²) in [5.74, 6) is 4.62. The molecule has 0 fully saturated rings. The molecule has 66 valence electrons. The predicted octanol–water partition coefficient (Wildman–Crippen LogP) is -0.116. The molecule has 1 amide bonds. The summed E-state index contributed by atoms with van der Waals surface area (Å²) < 4.78 is 0. The van der Waals surface area contributed by atoms with E-state index in [1.165, 1.54) is 0 Å². The highest BCUT2D eigenvalue weighted by molar-refractivity contribution is 5.80. The van der Waals surface area contributed by atoms with Crippen molar-refractivity contribution in [1.29, 1.82) is 0 Å². The Labute approximate surface area is 67.3 Å². The standard InChI is InChI=1S/C7H17N3O/c1-2-3-4-5-6(8)7(11)10-9/h6H,2-5,8-9H2,1H3,(H,10,11)/t6-/m0/s1. The smallest absolute Gasteiger partial charge is 0.250 e. The molecule has 0 spiro atoms. The molecule has 0 aliphatic carbocycles. The second kappa shape index (κ2) is 6.12. The van der Waals surface area contributed by atoms with E-state index in [1.54, 1.807) is 0 Å². The molecular formula is C7H17N3O. The van der Waals surface area contributed by atoms with Crippen LogP contribution in [0.5, 0.6) is 0 Å². The molecule has 0 unspecified atom stereocenters. The van der Waals surface area contributed by atoms with Crippen LogP contribution < -0.4 is 17.0 Å². The molecule has 0 aromatic heterocycles. The summed E-state index contributed by atoms with van der Waals surface area (Å²) in [6.07, 6.45) is 3.96. The molecule has 0 aromatic carbocycles. The normalized spacial score (nSPS) is 12.6. The van der Waals surface area contributed by atoms with Gasteiger partial charge >= 0.3 is 0 Å². The van der Waals surface area contributed by atoms with Crippen molar-refractivity contribution < 1.29 is 4.79 Å². The van der Waals surface area contributed by atoms with Gasteiger partial charge in [-0.1, -0.05) is 26.2 Å². The number of carbonyl (C=O) groups excluding carboxylic acids is 1. The van der Waals surface area contributed by atoms with Crippen molar-refractivity contribution in [3.8, 4) is 0 Å². The fraction of sp³-hybridized carbons (Fsp3) is 0.857. The molecule has 0 heterocycles. The Morgan fingerprint density at radius 1 is 1.55 bits per heavy atom. The van der Waals surface area contributed by atoms with Crippen LogP contribution in [0.2, 0.25) is 0 Å². The third-order valence-corrected chi connectivity index (χ3v) is 1.60. The highest BCUT2D eigenvalue weighted by Gasteiger charge is 2.09. The van der Waals surface area contributed by atoms with E-state index in [1.807, 2.05) is 5.43 Å². The van der Waals surface area contributed by atoms with Gasteiger partial charge < -0.3 is 5.73 Å². The van der Waals surface area contributed by atoms with Gasteiger partial charge in [-0.05, 0) is 6.42 Å². The van der Waals surface area contributed by atoms with E-state index in [2.05, 4.69) is 6.92 Å². The van der Waals surface area contributed by atoms with Gasteiger partial charge in [0.05, 0.1) is 6.04 Å². The second-order valence-corrected chi connectivity index (χ2v) is 2.61. The lowest BCUT2D eigenvalue weighted by atomic mass is 10.1. The lowest BCUT2D eigenvalue weighted by molar-refractivity contribution is -0.122. The number of nitrogens with two attached hydrogens (primary N) is 2. The number of nitrogens with one attached hydrogen (secondary N) is 1. The van der Waals surface area contributed by atoms with E-state index in [0.717, 1.165) is 25.7 Å². The minimum absolute atomic E-state index is 0.277. The lowest BCUT2D eigenvalue weighted by Crippen LogP contribution is -2.43. The third kappa shape index (κ3) is 4.75. The first kappa shape index (κ1) is 10.4. The largest absolute Gasteiger partial charge is 0.320 e. The minimum atomic E-state index is -0.438.